The van der Waals surface area contributed by atoms with Gasteiger partial charge in [-0.25, -0.2) is 13.6 Å². The molecule has 0 unspecified atom stereocenters. The van der Waals surface area contributed by atoms with Gasteiger partial charge < -0.3 is 15.8 Å². The molecule has 0 aliphatic carbocycles. The van der Waals surface area contributed by atoms with Crippen molar-refractivity contribution in [1.29, 1.82) is 0 Å². The number of nitrogens with zero attached hydrogens (tertiary/aromatic N) is 2. The van der Waals surface area contributed by atoms with Gasteiger partial charge in [0.15, 0.2) is 0 Å². The first-order chi connectivity index (χ1) is 13.0. The van der Waals surface area contributed by atoms with Crippen LogP contribution in [0.25, 0.3) is 0 Å². The molecule has 0 bridgehead atoms. The number of aryl methyl sites for hydroxylation is 1. The Labute approximate surface area is 163 Å². The van der Waals surface area contributed by atoms with Crippen LogP contribution in [0.5, 0.6) is 0 Å². The van der Waals surface area contributed by atoms with Crippen LogP contribution in [-0.4, -0.2) is 33.7 Å². The lowest BCUT2D eigenvalue weighted by molar-refractivity contribution is -0.117. The second-order valence-electron chi connectivity index (χ2n) is 6.30. The van der Waals surface area contributed by atoms with E-state index in [1.54, 1.807) is 13.8 Å². The van der Waals surface area contributed by atoms with Crippen molar-refractivity contribution in [1.82, 2.24) is 9.78 Å². The van der Waals surface area contributed by atoms with Crippen molar-refractivity contribution in [3.63, 3.8) is 0 Å². The van der Waals surface area contributed by atoms with E-state index in [1.165, 1.54) is 19.9 Å². The Morgan fingerprint density at radius 3 is 2.50 bits per heavy atom. The number of thiophene rings is 1. The topological polar surface area (TPSA) is 116 Å². The van der Waals surface area contributed by atoms with Crippen molar-refractivity contribution in [3.8, 4) is 0 Å². The fourth-order valence-corrected chi connectivity index (χ4v) is 3.59. The molecule has 2 aromatic heterocycles. The molecular weight excluding hydrogens is 394 g/mol. The Morgan fingerprint density at radius 1 is 1.32 bits per heavy atom. The molecule has 0 aliphatic rings. The molecular formula is C17H20F2N4O4S. The van der Waals surface area contributed by atoms with Crippen LogP contribution in [0.4, 0.5) is 13.8 Å². The van der Waals surface area contributed by atoms with Gasteiger partial charge in [-0.1, -0.05) is 0 Å². The van der Waals surface area contributed by atoms with Gasteiger partial charge >= 0.3 is 5.97 Å². The highest BCUT2D eigenvalue weighted by atomic mass is 32.1. The fourth-order valence-electron chi connectivity index (χ4n) is 2.53. The molecule has 0 saturated carbocycles. The number of halogens is 2. The zero-order valence-electron chi connectivity index (χ0n) is 15.7. The van der Waals surface area contributed by atoms with Gasteiger partial charge in [0.1, 0.15) is 17.2 Å². The molecule has 0 atom stereocenters. The summed E-state index contributed by atoms with van der Waals surface area (Å²) in [6.45, 7) is 5.85. The lowest BCUT2D eigenvalue weighted by Crippen LogP contribution is -2.22. The van der Waals surface area contributed by atoms with Gasteiger partial charge in [-0.15, -0.1) is 11.3 Å². The lowest BCUT2D eigenvalue weighted by Gasteiger charge is -2.11. The number of nitrogens with one attached hydrogen (secondary N) is 1. The number of anilines is 1. The molecule has 0 aromatic carbocycles. The number of primary amides is 1. The number of hydrogen-bond donors (Lipinski definition) is 2. The van der Waals surface area contributed by atoms with E-state index in [1.807, 2.05) is 0 Å². The summed E-state index contributed by atoms with van der Waals surface area (Å²) in [4.78, 5) is 36.5. The molecule has 0 aliphatic heterocycles. The predicted octanol–water partition coefficient (Wildman–Crippen LogP) is 2.80. The third kappa shape index (κ3) is 4.71. The van der Waals surface area contributed by atoms with Gasteiger partial charge in [0.05, 0.1) is 22.2 Å². The molecule has 2 amide bonds. The van der Waals surface area contributed by atoms with Crippen molar-refractivity contribution >= 4 is 34.1 Å². The predicted molar refractivity (Wildman–Crippen MR) is 98.7 cm³/mol. The van der Waals surface area contributed by atoms with E-state index < -0.39 is 42.6 Å². The summed E-state index contributed by atoms with van der Waals surface area (Å²) in [7, 11) is 0. The lowest BCUT2D eigenvalue weighted by atomic mass is 10.1. The van der Waals surface area contributed by atoms with Crippen LogP contribution >= 0.6 is 11.3 Å². The first kappa shape index (κ1) is 21.5. The SMILES string of the molecule is Cc1cc(C(F)F)n(CC(=O)Nc2sc(C(N)=O)c(C)c2C(=O)OC(C)C)n1. The van der Waals surface area contributed by atoms with Crippen molar-refractivity contribution in [2.75, 3.05) is 5.32 Å². The highest BCUT2D eigenvalue weighted by molar-refractivity contribution is 7.18. The smallest absolute Gasteiger partial charge is 0.341 e. The second-order valence-corrected chi connectivity index (χ2v) is 7.32. The Kier molecular flexibility index (Phi) is 6.49. The third-order valence-corrected chi connectivity index (χ3v) is 4.84. The van der Waals surface area contributed by atoms with E-state index in [9.17, 15) is 23.2 Å². The average molecular weight is 414 g/mol. The van der Waals surface area contributed by atoms with E-state index in [0.29, 0.717) is 5.69 Å². The summed E-state index contributed by atoms with van der Waals surface area (Å²) >= 11 is 0.819. The summed E-state index contributed by atoms with van der Waals surface area (Å²) in [5.74, 6) is -2.18. The van der Waals surface area contributed by atoms with Crippen molar-refractivity contribution < 1.29 is 27.9 Å². The maximum atomic E-state index is 13.1. The summed E-state index contributed by atoms with van der Waals surface area (Å²) in [6, 6.07) is 1.18. The van der Waals surface area contributed by atoms with Crippen LogP contribution in [0, 0.1) is 13.8 Å². The van der Waals surface area contributed by atoms with E-state index >= 15 is 0 Å². The number of rotatable bonds is 7. The van der Waals surface area contributed by atoms with Crippen LogP contribution in [0.15, 0.2) is 6.07 Å². The van der Waals surface area contributed by atoms with E-state index in [4.69, 9.17) is 10.5 Å². The monoisotopic (exact) mass is 414 g/mol. The number of carbonyl (C=O) groups excluding carboxylic acids is 3. The molecule has 152 valence electrons. The second kappa shape index (κ2) is 8.46. The fraction of sp³-hybridized carbons (Fsp3) is 0.412. The maximum absolute atomic E-state index is 13.1. The van der Waals surface area contributed by atoms with Crippen LogP contribution in [0.2, 0.25) is 0 Å². The molecule has 8 nitrogen and oxygen atoms in total. The minimum absolute atomic E-state index is 0.00609. The van der Waals surface area contributed by atoms with E-state index in [2.05, 4.69) is 10.4 Å². The Hall–Kier alpha value is -2.82. The number of esters is 1. The molecule has 0 saturated heterocycles. The molecule has 2 rings (SSSR count). The van der Waals surface area contributed by atoms with E-state index in [-0.39, 0.29) is 21.0 Å². The van der Waals surface area contributed by atoms with Gasteiger partial charge in [0.2, 0.25) is 5.91 Å². The number of amides is 2. The number of ether oxygens (including phenoxy) is 1. The normalized spacial score (nSPS) is 11.1. The van der Waals surface area contributed by atoms with Crippen molar-refractivity contribution in [2.45, 2.75) is 46.8 Å². The van der Waals surface area contributed by atoms with Crippen molar-refractivity contribution in [3.05, 3.63) is 33.5 Å². The minimum Gasteiger partial charge on any atom is -0.459 e. The Morgan fingerprint density at radius 2 is 1.96 bits per heavy atom. The van der Waals surface area contributed by atoms with Gasteiger partial charge in [-0.2, -0.15) is 5.10 Å². The van der Waals surface area contributed by atoms with Gasteiger partial charge in [-0.3, -0.25) is 14.3 Å². The summed E-state index contributed by atoms with van der Waals surface area (Å²) < 4.78 is 32.1. The van der Waals surface area contributed by atoms with Gasteiger partial charge in [0.25, 0.3) is 12.3 Å². The number of alkyl halides is 2. The summed E-state index contributed by atoms with van der Waals surface area (Å²) in [6.07, 6.45) is -3.22. The molecule has 0 radical (unpaired) electrons. The molecule has 2 heterocycles. The average Bonchev–Trinajstić information content (AvgIpc) is 3.06. The zero-order valence-corrected chi connectivity index (χ0v) is 16.5. The molecule has 2 aromatic rings. The molecule has 0 spiro atoms. The minimum atomic E-state index is -2.80. The highest BCUT2D eigenvalue weighted by Gasteiger charge is 2.27. The van der Waals surface area contributed by atoms with Gasteiger partial charge in [-0.05, 0) is 39.3 Å². The number of nitrogens with two attached hydrogens (primary N) is 1. The van der Waals surface area contributed by atoms with Gasteiger partial charge in [0, 0.05) is 0 Å². The quantitative estimate of drug-likeness (QED) is 0.676. The number of hydrogen-bond acceptors (Lipinski definition) is 6. The molecule has 11 heteroatoms. The molecule has 3 N–H and O–H groups in total. The first-order valence-electron chi connectivity index (χ1n) is 8.27. The Balaban J connectivity index is 2.32. The van der Waals surface area contributed by atoms with E-state index in [0.717, 1.165) is 16.0 Å². The zero-order chi connectivity index (χ0) is 21.2. The number of aromatic nitrogens is 2. The van der Waals surface area contributed by atoms with Crippen LogP contribution in [-0.2, 0) is 16.1 Å². The summed E-state index contributed by atoms with van der Waals surface area (Å²) in [5, 5.41) is 6.40. The maximum Gasteiger partial charge on any atom is 0.341 e. The van der Waals surface area contributed by atoms with Crippen LogP contribution in [0.1, 0.15) is 57.3 Å². The van der Waals surface area contributed by atoms with Crippen LogP contribution < -0.4 is 11.1 Å². The first-order valence-corrected chi connectivity index (χ1v) is 9.09. The molecule has 28 heavy (non-hydrogen) atoms. The standard InChI is InChI=1S/C17H20F2N4O4S/c1-7(2)27-17(26)12-9(4)13(15(20)25)28-16(12)21-11(24)6-23-10(14(18)19)5-8(3)22-23/h5,7,14H,6H2,1-4H3,(H2,20,25)(H,21,24). The Bertz CT molecular complexity index is 921. The largest absolute Gasteiger partial charge is 0.459 e. The highest BCUT2D eigenvalue weighted by Crippen LogP contribution is 2.34. The van der Waals surface area contributed by atoms with Crippen LogP contribution in [0.3, 0.4) is 0 Å². The third-order valence-electron chi connectivity index (χ3n) is 3.62. The molecule has 0 fully saturated rings. The summed E-state index contributed by atoms with van der Waals surface area (Å²) in [5.41, 5.74) is 5.55. The van der Waals surface area contributed by atoms with Crippen molar-refractivity contribution in [2.24, 2.45) is 5.73 Å². The number of carbonyl (C=O) groups is 3.